The van der Waals surface area contributed by atoms with Gasteiger partial charge in [0.25, 0.3) is 5.91 Å². The maximum atomic E-state index is 12.5. The molecule has 7 heteroatoms. The summed E-state index contributed by atoms with van der Waals surface area (Å²) < 4.78 is 14.7. The summed E-state index contributed by atoms with van der Waals surface area (Å²) in [5, 5.41) is 0. The van der Waals surface area contributed by atoms with Crippen molar-refractivity contribution in [1.82, 2.24) is 4.57 Å². The minimum absolute atomic E-state index is 0.175. The highest BCUT2D eigenvalue weighted by atomic mass is 79.9. The van der Waals surface area contributed by atoms with E-state index in [0.717, 1.165) is 26.8 Å². The van der Waals surface area contributed by atoms with Gasteiger partial charge >= 0.3 is 0 Å². The van der Waals surface area contributed by atoms with Gasteiger partial charge in [0.05, 0.1) is 30.9 Å². The molecule has 1 aromatic heterocycles. The van der Waals surface area contributed by atoms with Gasteiger partial charge in [0.15, 0.2) is 4.80 Å². The Labute approximate surface area is 164 Å². The topological polar surface area (TPSA) is 52.8 Å². The first kappa shape index (κ1) is 18.7. The minimum Gasteiger partial charge on any atom is -0.497 e. The number of nitrogens with zero attached hydrogens (tertiary/aromatic N) is 2. The molecule has 3 rings (SSSR count). The zero-order valence-corrected chi connectivity index (χ0v) is 17.2. The molecule has 0 aliphatic carbocycles. The molecular weight excluding hydrogens is 416 g/mol. The summed E-state index contributed by atoms with van der Waals surface area (Å²) in [7, 11) is 3.17. The molecule has 0 atom stereocenters. The van der Waals surface area contributed by atoms with Crippen LogP contribution in [0.3, 0.4) is 0 Å². The van der Waals surface area contributed by atoms with E-state index in [9.17, 15) is 4.79 Å². The van der Waals surface area contributed by atoms with Crippen molar-refractivity contribution >= 4 is 43.4 Å². The molecule has 0 aliphatic heterocycles. The second-order valence-electron chi connectivity index (χ2n) is 5.60. The van der Waals surface area contributed by atoms with Crippen molar-refractivity contribution in [3.8, 4) is 11.5 Å². The molecule has 0 bridgehead atoms. The van der Waals surface area contributed by atoms with Crippen LogP contribution in [-0.2, 0) is 17.8 Å². The third-order valence-corrected chi connectivity index (χ3v) is 5.55. The summed E-state index contributed by atoms with van der Waals surface area (Å²) in [6.45, 7) is 2.80. The monoisotopic (exact) mass is 434 g/mol. The SMILES string of the molecule is CCn1c(=NC(=O)Cc2ccc(OC)cc2OC)sc2cc(Br)ccc21. The summed E-state index contributed by atoms with van der Waals surface area (Å²) in [4.78, 5) is 17.6. The number of carbonyl (C=O) groups is 1. The zero-order valence-electron chi connectivity index (χ0n) is 14.8. The number of hydrogen-bond acceptors (Lipinski definition) is 4. The Balaban J connectivity index is 1.95. The molecule has 2 aromatic carbocycles. The largest absolute Gasteiger partial charge is 0.497 e. The van der Waals surface area contributed by atoms with Gasteiger partial charge in [-0.25, -0.2) is 0 Å². The average Bonchev–Trinajstić information content (AvgIpc) is 2.97. The van der Waals surface area contributed by atoms with Gasteiger partial charge in [-0.1, -0.05) is 33.3 Å². The van der Waals surface area contributed by atoms with Gasteiger partial charge in [-0.05, 0) is 31.2 Å². The highest BCUT2D eigenvalue weighted by Crippen LogP contribution is 2.25. The van der Waals surface area contributed by atoms with Crippen LogP contribution in [0.25, 0.3) is 10.2 Å². The van der Waals surface area contributed by atoms with Crippen molar-refractivity contribution in [2.45, 2.75) is 19.9 Å². The fraction of sp³-hybridized carbons (Fsp3) is 0.263. The highest BCUT2D eigenvalue weighted by Gasteiger charge is 2.11. The molecule has 0 aliphatic rings. The van der Waals surface area contributed by atoms with Crippen molar-refractivity contribution in [2.75, 3.05) is 14.2 Å². The molecule has 0 radical (unpaired) electrons. The van der Waals surface area contributed by atoms with Gasteiger partial charge in [0, 0.05) is 22.6 Å². The molecule has 0 saturated heterocycles. The maximum Gasteiger partial charge on any atom is 0.252 e. The summed E-state index contributed by atoms with van der Waals surface area (Å²) >= 11 is 5.00. The Morgan fingerprint density at radius 2 is 2.00 bits per heavy atom. The van der Waals surface area contributed by atoms with Gasteiger partial charge in [0.1, 0.15) is 11.5 Å². The van der Waals surface area contributed by atoms with Crippen LogP contribution in [0.1, 0.15) is 12.5 Å². The Kier molecular flexibility index (Phi) is 5.78. The lowest BCUT2D eigenvalue weighted by Gasteiger charge is -2.08. The third-order valence-electron chi connectivity index (χ3n) is 4.02. The number of aryl methyl sites for hydroxylation is 1. The van der Waals surface area contributed by atoms with Crippen molar-refractivity contribution in [2.24, 2.45) is 4.99 Å². The van der Waals surface area contributed by atoms with Crippen LogP contribution in [-0.4, -0.2) is 24.7 Å². The van der Waals surface area contributed by atoms with E-state index >= 15 is 0 Å². The number of halogens is 1. The van der Waals surface area contributed by atoms with Gasteiger partial charge in [0.2, 0.25) is 0 Å². The Bertz CT molecular complexity index is 1020. The summed E-state index contributed by atoms with van der Waals surface area (Å²) in [5.41, 5.74) is 1.86. The normalized spacial score (nSPS) is 11.8. The maximum absolute atomic E-state index is 12.5. The quantitative estimate of drug-likeness (QED) is 0.605. The van der Waals surface area contributed by atoms with E-state index < -0.39 is 0 Å². The second-order valence-corrected chi connectivity index (χ2v) is 7.53. The standard InChI is InChI=1S/C19H19BrN2O3S/c1-4-22-15-8-6-13(20)10-17(15)26-19(22)21-18(23)9-12-5-7-14(24-2)11-16(12)25-3/h5-8,10-11H,4,9H2,1-3H3. The summed E-state index contributed by atoms with van der Waals surface area (Å²) in [6, 6.07) is 11.5. The number of carbonyl (C=O) groups excluding carboxylic acids is 1. The van der Waals surface area contributed by atoms with Crippen LogP contribution in [0.2, 0.25) is 0 Å². The number of hydrogen-bond donors (Lipinski definition) is 0. The van der Waals surface area contributed by atoms with Gasteiger partial charge < -0.3 is 14.0 Å². The Morgan fingerprint density at radius 1 is 1.19 bits per heavy atom. The van der Waals surface area contributed by atoms with Crippen LogP contribution in [0.4, 0.5) is 0 Å². The molecule has 0 spiro atoms. The molecule has 0 unspecified atom stereocenters. The van der Waals surface area contributed by atoms with E-state index in [4.69, 9.17) is 9.47 Å². The first-order valence-corrected chi connectivity index (χ1v) is 9.74. The van der Waals surface area contributed by atoms with Gasteiger partial charge in [-0.15, -0.1) is 0 Å². The number of fused-ring (bicyclic) bond motifs is 1. The number of rotatable bonds is 5. The fourth-order valence-corrected chi connectivity index (χ4v) is 4.41. The highest BCUT2D eigenvalue weighted by molar-refractivity contribution is 9.10. The molecule has 3 aromatic rings. The van der Waals surface area contributed by atoms with Crippen LogP contribution >= 0.6 is 27.3 Å². The Morgan fingerprint density at radius 3 is 2.69 bits per heavy atom. The van der Waals surface area contributed by atoms with Gasteiger partial charge in [-0.3, -0.25) is 4.79 Å². The lowest BCUT2D eigenvalue weighted by molar-refractivity contribution is -0.117. The minimum atomic E-state index is -0.207. The molecule has 5 nitrogen and oxygen atoms in total. The second kappa shape index (κ2) is 8.05. The molecule has 26 heavy (non-hydrogen) atoms. The number of methoxy groups -OCH3 is 2. The van der Waals surface area contributed by atoms with Gasteiger partial charge in [-0.2, -0.15) is 4.99 Å². The average molecular weight is 435 g/mol. The Hall–Kier alpha value is -2.12. The van der Waals surface area contributed by atoms with E-state index in [0.29, 0.717) is 16.3 Å². The van der Waals surface area contributed by atoms with Crippen LogP contribution in [0.15, 0.2) is 45.9 Å². The molecule has 0 fully saturated rings. The van der Waals surface area contributed by atoms with Crippen LogP contribution in [0, 0.1) is 0 Å². The van der Waals surface area contributed by atoms with Crippen LogP contribution in [0.5, 0.6) is 11.5 Å². The van der Waals surface area contributed by atoms with E-state index in [-0.39, 0.29) is 12.3 Å². The van der Waals surface area contributed by atoms with E-state index in [1.807, 2.05) is 37.3 Å². The van der Waals surface area contributed by atoms with E-state index in [1.165, 1.54) is 11.3 Å². The first-order chi connectivity index (χ1) is 12.5. The summed E-state index contributed by atoms with van der Waals surface area (Å²) in [6.07, 6.45) is 0.175. The van der Waals surface area contributed by atoms with E-state index in [1.54, 1.807) is 20.3 Å². The molecule has 136 valence electrons. The molecule has 0 N–H and O–H groups in total. The number of aromatic nitrogens is 1. The number of amides is 1. The third kappa shape index (κ3) is 3.83. The van der Waals surface area contributed by atoms with Crippen molar-refractivity contribution in [3.05, 3.63) is 51.2 Å². The van der Waals surface area contributed by atoms with Crippen molar-refractivity contribution in [1.29, 1.82) is 0 Å². The number of thiazole rings is 1. The first-order valence-electron chi connectivity index (χ1n) is 8.13. The van der Waals surface area contributed by atoms with Crippen molar-refractivity contribution in [3.63, 3.8) is 0 Å². The lowest BCUT2D eigenvalue weighted by Crippen LogP contribution is -2.16. The van der Waals surface area contributed by atoms with E-state index in [2.05, 4.69) is 25.5 Å². The van der Waals surface area contributed by atoms with Crippen LogP contribution < -0.4 is 14.3 Å². The smallest absolute Gasteiger partial charge is 0.252 e. The predicted molar refractivity (Wildman–Crippen MR) is 107 cm³/mol. The number of benzene rings is 2. The van der Waals surface area contributed by atoms with Crippen molar-refractivity contribution < 1.29 is 14.3 Å². The molecule has 1 amide bonds. The zero-order chi connectivity index (χ0) is 18.7. The lowest BCUT2D eigenvalue weighted by atomic mass is 10.1. The molecule has 1 heterocycles. The molecular formula is C19H19BrN2O3S. The fourth-order valence-electron chi connectivity index (χ4n) is 2.75. The summed E-state index contributed by atoms with van der Waals surface area (Å²) in [5.74, 6) is 1.10. The number of ether oxygens (including phenoxy) is 2. The predicted octanol–water partition coefficient (Wildman–Crippen LogP) is 4.17. The molecule has 0 saturated carbocycles.